The minimum atomic E-state index is -3.46. The fraction of sp³-hybridized carbons (Fsp3) is 0. The average Bonchev–Trinajstić information content (AvgIpc) is 3.06. The Kier molecular flexibility index (Phi) is 7.56. The molecule has 9 heteroatoms. The third-order valence-electron chi connectivity index (χ3n) is 7.71. The smallest absolute Gasteiger partial charge is 0.200 e. The molecule has 6 rings (SSSR count). The number of anilines is 1. The molecule has 0 saturated heterocycles. The molecule has 0 aliphatic heterocycles. The minimum Gasteiger partial charge on any atom is -0.289 e. The second-order valence-electron chi connectivity index (χ2n) is 10.1. The van der Waals surface area contributed by atoms with E-state index < -0.39 is 53.8 Å². The predicted molar refractivity (Wildman–Crippen MR) is 161 cm³/mol. The molecule has 1 aliphatic rings. The van der Waals surface area contributed by atoms with Crippen LogP contribution in [0.25, 0.3) is 11.6 Å². The van der Waals surface area contributed by atoms with Crippen LogP contribution in [0.1, 0.15) is 11.1 Å². The minimum absolute atomic E-state index is 0.227. The molecule has 0 saturated carbocycles. The van der Waals surface area contributed by atoms with Gasteiger partial charge in [0.15, 0.2) is 42.8 Å². The first-order valence-electron chi connectivity index (χ1n) is 13.5. The quantitative estimate of drug-likeness (QED) is 0.0400. The molecule has 0 N–H and O–H groups in total. The van der Waals surface area contributed by atoms with Crippen LogP contribution in [0.2, 0.25) is 0 Å². The Bertz CT molecular complexity index is 1820. The van der Waals surface area contributed by atoms with Gasteiger partial charge in [-0.3, -0.25) is 4.79 Å². The summed E-state index contributed by atoms with van der Waals surface area (Å²) >= 11 is 0. The highest BCUT2D eigenvalue weighted by Gasteiger charge is 2.48. The van der Waals surface area contributed by atoms with Gasteiger partial charge in [0.2, 0.25) is 5.82 Å². The Hall–Kier alpha value is -5.15. The lowest BCUT2D eigenvalue weighted by Gasteiger charge is -2.37. The van der Waals surface area contributed by atoms with Gasteiger partial charge >= 0.3 is 0 Å². The second-order valence-corrected chi connectivity index (χ2v) is 13.9. The lowest BCUT2D eigenvalue weighted by molar-refractivity contribution is -0.110. The van der Waals surface area contributed by atoms with Crippen LogP contribution >= 0.6 is 0 Å². The molecular formula is C35H21F6NOSi. The fourth-order valence-corrected chi connectivity index (χ4v) is 10.6. The fourth-order valence-electron chi connectivity index (χ4n) is 5.75. The summed E-state index contributed by atoms with van der Waals surface area (Å²) in [6.45, 7) is 0. The number of halogens is 6. The van der Waals surface area contributed by atoms with Crippen LogP contribution in [0, 0.1) is 29.1 Å². The standard InChI is InChI=1S/C35H21F6NOSi/c36-29-30(37)32(39)34(33(40)31(29)38)42(41)21-27-26-19-11-10-12-22(26)20-28(35(27)43)44(23-13-4-1-5-14-23,24-15-6-2-7-16-24)25-17-8-3-9-18-25/h1-21H/b27-21-. The maximum atomic E-state index is 15.7. The summed E-state index contributed by atoms with van der Waals surface area (Å²) < 4.78 is 86.6. The topological polar surface area (TPSA) is 20.3 Å². The zero-order valence-electron chi connectivity index (χ0n) is 22.7. The molecule has 1 aliphatic carbocycles. The average molecular weight is 614 g/mol. The summed E-state index contributed by atoms with van der Waals surface area (Å²) in [5, 5.41) is 2.12. The van der Waals surface area contributed by atoms with Crippen LogP contribution in [0.3, 0.4) is 0 Å². The number of hydrogen-bond donors (Lipinski definition) is 0. The molecule has 5 aromatic carbocycles. The Morgan fingerprint density at radius 2 is 0.955 bits per heavy atom. The van der Waals surface area contributed by atoms with Gasteiger partial charge in [0.05, 0.1) is 6.20 Å². The van der Waals surface area contributed by atoms with Crippen molar-refractivity contribution in [3.8, 4) is 0 Å². The van der Waals surface area contributed by atoms with Crippen molar-refractivity contribution in [2.45, 2.75) is 0 Å². The van der Waals surface area contributed by atoms with E-state index in [0.717, 1.165) is 15.6 Å². The summed E-state index contributed by atoms with van der Waals surface area (Å²) in [6.07, 6.45) is 2.22. The van der Waals surface area contributed by atoms with Crippen molar-refractivity contribution in [1.82, 2.24) is 0 Å². The second kappa shape index (κ2) is 11.5. The summed E-state index contributed by atoms with van der Waals surface area (Å²) in [7, 11) is -3.46. The van der Waals surface area contributed by atoms with E-state index in [1.54, 1.807) is 24.3 Å². The predicted octanol–water partition coefficient (Wildman–Crippen LogP) is 6.79. The monoisotopic (exact) mass is 613 g/mol. The van der Waals surface area contributed by atoms with Crippen molar-refractivity contribution in [2.75, 3.05) is 5.12 Å². The normalized spacial score (nSPS) is 13.9. The maximum Gasteiger partial charge on any atom is 0.200 e. The molecule has 0 fully saturated rings. The van der Waals surface area contributed by atoms with Crippen LogP contribution in [-0.4, -0.2) is 13.9 Å². The molecule has 0 amide bonds. The number of benzene rings is 5. The maximum absolute atomic E-state index is 15.7. The number of nitrogens with zero attached hydrogens (tertiary/aromatic N) is 1. The summed E-state index contributed by atoms with van der Waals surface area (Å²) in [4.78, 5) is 14.7. The van der Waals surface area contributed by atoms with E-state index in [4.69, 9.17) is 0 Å². The molecule has 0 aromatic heterocycles. The van der Waals surface area contributed by atoms with Crippen LogP contribution in [-0.2, 0) is 4.79 Å². The largest absolute Gasteiger partial charge is 0.289 e. The van der Waals surface area contributed by atoms with Gasteiger partial charge in [-0.05, 0) is 26.7 Å². The molecule has 218 valence electrons. The van der Waals surface area contributed by atoms with Crippen molar-refractivity contribution in [2.24, 2.45) is 0 Å². The zero-order valence-corrected chi connectivity index (χ0v) is 23.7. The molecule has 44 heavy (non-hydrogen) atoms. The SMILES string of the molecule is O=C1C([Si](c2ccccc2)(c2ccccc2)c2ccccc2)=Cc2ccccc2/C1=C/N(F)c1c(F)c(F)c(F)c(F)c1F. The number of hydrogen-bond acceptors (Lipinski definition) is 2. The van der Waals surface area contributed by atoms with Crippen LogP contribution < -0.4 is 20.7 Å². The molecule has 5 aromatic rings. The van der Waals surface area contributed by atoms with Gasteiger partial charge in [-0.1, -0.05) is 126 Å². The molecule has 0 unspecified atom stereocenters. The first kappa shape index (κ1) is 28.9. The number of rotatable bonds is 6. The Labute approximate surface area is 249 Å². The van der Waals surface area contributed by atoms with Crippen molar-refractivity contribution in [3.63, 3.8) is 0 Å². The summed E-state index contributed by atoms with van der Waals surface area (Å²) in [6, 6.07) is 34.7. The zero-order chi connectivity index (χ0) is 31.0. The Morgan fingerprint density at radius 1 is 0.545 bits per heavy atom. The highest BCUT2D eigenvalue weighted by atomic mass is 28.3. The van der Waals surface area contributed by atoms with Gasteiger partial charge in [-0.25, -0.2) is 22.0 Å². The Balaban J connectivity index is 1.65. The lowest BCUT2D eigenvalue weighted by atomic mass is 9.92. The van der Waals surface area contributed by atoms with Gasteiger partial charge in [0.1, 0.15) is 0 Å². The molecule has 2 nitrogen and oxygen atoms in total. The van der Waals surface area contributed by atoms with Gasteiger partial charge in [0.25, 0.3) is 0 Å². The van der Waals surface area contributed by atoms with E-state index in [0.29, 0.717) is 17.0 Å². The van der Waals surface area contributed by atoms with Crippen molar-refractivity contribution in [3.05, 3.63) is 167 Å². The highest BCUT2D eigenvalue weighted by Crippen LogP contribution is 2.37. The third-order valence-corrected chi connectivity index (χ3v) is 12.5. The number of ketones is 1. The van der Waals surface area contributed by atoms with Gasteiger partial charge < -0.3 is 0 Å². The first-order chi connectivity index (χ1) is 21.3. The van der Waals surface area contributed by atoms with E-state index in [2.05, 4.69) is 0 Å². The summed E-state index contributed by atoms with van der Waals surface area (Å²) in [5.74, 6) is -12.4. The van der Waals surface area contributed by atoms with Crippen molar-refractivity contribution >= 4 is 46.8 Å². The van der Waals surface area contributed by atoms with Crippen LogP contribution in [0.15, 0.2) is 127 Å². The molecular weight excluding hydrogens is 592 g/mol. The Morgan fingerprint density at radius 3 is 1.43 bits per heavy atom. The van der Waals surface area contributed by atoms with Crippen LogP contribution in [0.5, 0.6) is 0 Å². The van der Waals surface area contributed by atoms with Gasteiger partial charge in [-0.15, -0.1) is 0 Å². The van der Waals surface area contributed by atoms with E-state index >= 15 is 4.48 Å². The molecule has 0 spiro atoms. The van der Waals surface area contributed by atoms with E-state index in [-0.39, 0.29) is 11.1 Å². The number of Topliss-reactive ketones (excluding diaryl/α,β-unsaturated/α-hetero) is 1. The highest BCUT2D eigenvalue weighted by molar-refractivity contribution is 7.19. The van der Waals surface area contributed by atoms with E-state index in [9.17, 15) is 26.7 Å². The molecule has 0 heterocycles. The summed E-state index contributed by atoms with van der Waals surface area (Å²) in [5.41, 5.74) is -1.40. The first-order valence-corrected chi connectivity index (χ1v) is 15.5. The van der Waals surface area contributed by atoms with Crippen molar-refractivity contribution in [1.29, 1.82) is 0 Å². The molecule has 0 radical (unpaired) electrons. The molecule has 0 bridgehead atoms. The van der Waals surface area contributed by atoms with E-state index in [1.807, 2.05) is 91.0 Å². The number of fused-ring (bicyclic) bond motifs is 1. The van der Waals surface area contributed by atoms with Crippen LogP contribution in [0.4, 0.5) is 32.1 Å². The molecule has 0 atom stereocenters. The van der Waals surface area contributed by atoms with Gasteiger partial charge in [0, 0.05) is 10.8 Å². The number of carbonyl (C=O) groups excluding carboxylic acids is 1. The number of carbonyl (C=O) groups is 1. The third kappa shape index (κ3) is 4.56. The van der Waals surface area contributed by atoms with Gasteiger partial charge in [-0.2, -0.15) is 5.12 Å². The van der Waals surface area contributed by atoms with E-state index in [1.165, 1.54) is 6.07 Å². The van der Waals surface area contributed by atoms with Crippen molar-refractivity contribution < 1.29 is 31.2 Å². The number of allylic oxidation sites excluding steroid dienone is 2. The lowest BCUT2D eigenvalue weighted by Crippen LogP contribution is -2.70.